The number of aliphatic imine (C=N–C) groups is 1. The summed E-state index contributed by atoms with van der Waals surface area (Å²) in [5.41, 5.74) is -0.0756. The molecule has 1 saturated carbocycles. The fraction of sp³-hybridized carbons (Fsp3) is 0.769. The van der Waals surface area contributed by atoms with Gasteiger partial charge in [-0.3, -0.25) is 4.99 Å². The number of rotatable bonds is 4. The summed E-state index contributed by atoms with van der Waals surface area (Å²) in [6.07, 6.45) is 4.00. The second-order valence-corrected chi connectivity index (χ2v) is 5.75. The summed E-state index contributed by atoms with van der Waals surface area (Å²) in [4.78, 5) is 4.11. The third kappa shape index (κ3) is 6.31. The summed E-state index contributed by atoms with van der Waals surface area (Å²) < 4.78 is 0. The highest BCUT2D eigenvalue weighted by molar-refractivity contribution is 14.0. The van der Waals surface area contributed by atoms with Gasteiger partial charge in [0.25, 0.3) is 0 Å². The van der Waals surface area contributed by atoms with Crippen LogP contribution in [0.1, 0.15) is 32.6 Å². The van der Waals surface area contributed by atoms with Crippen molar-refractivity contribution in [3.05, 3.63) is 11.6 Å². The van der Waals surface area contributed by atoms with Crippen LogP contribution >= 0.6 is 35.6 Å². The van der Waals surface area contributed by atoms with E-state index in [4.69, 9.17) is 11.6 Å². The standard InChI is InChI=1S/C13H24ClN3O.HI/c1-10(14)8-16-12(15-3)17-9-13(2)7-5-4-6-11(13)18;/h11,18H,1,4-9H2,2-3H3,(H2,15,16,17);1H. The highest BCUT2D eigenvalue weighted by Gasteiger charge is 2.35. The number of guanidine groups is 1. The molecule has 2 atom stereocenters. The van der Waals surface area contributed by atoms with E-state index in [1.54, 1.807) is 7.05 Å². The number of halogens is 2. The van der Waals surface area contributed by atoms with E-state index in [2.05, 4.69) is 29.1 Å². The second-order valence-electron chi connectivity index (χ2n) is 5.21. The van der Waals surface area contributed by atoms with E-state index in [1.807, 2.05) is 0 Å². The molecule has 0 radical (unpaired) electrons. The maximum atomic E-state index is 10.1. The Kier molecular flexibility index (Phi) is 9.02. The Labute approximate surface area is 138 Å². The van der Waals surface area contributed by atoms with E-state index in [0.717, 1.165) is 19.3 Å². The molecular formula is C13H25ClIN3O. The van der Waals surface area contributed by atoms with Gasteiger partial charge in [-0.05, 0) is 12.8 Å². The van der Waals surface area contributed by atoms with Crippen LogP contribution in [0, 0.1) is 5.41 Å². The maximum Gasteiger partial charge on any atom is 0.191 e. The van der Waals surface area contributed by atoms with Gasteiger partial charge in [0.2, 0.25) is 0 Å². The molecule has 1 aliphatic rings. The predicted octanol–water partition coefficient (Wildman–Crippen LogP) is 2.46. The van der Waals surface area contributed by atoms with Crippen LogP contribution in [0.4, 0.5) is 0 Å². The van der Waals surface area contributed by atoms with Gasteiger partial charge in [0.15, 0.2) is 5.96 Å². The van der Waals surface area contributed by atoms with Crippen LogP contribution in [0.3, 0.4) is 0 Å². The normalized spacial score (nSPS) is 27.4. The third-order valence-electron chi connectivity index (χ3n) is 3.61. The third-order valence-corrected chi connectivity index (χ3v) is 3.74. The molecule has 0 bridgehead atoms. The molecule has 4 nitrogen and oxygen atoms in total. The van der Waals surface area contributed by atoms with Gasteiger partial charge in [-0.15, -0.1) is 24.0 Å². The first-order chi connectivity index (χ1) is 8.48. The Morgan fingerprint density at radius 3 is 2.68 bits per heavy atom. The molecule has 0 aromatic rings. The zero-order valence-electron chi connectivity index (χ0n) is 11.7. The van der Waals surface area contributed by atoms with Crippen LogP contribution in [-0.4, -0.2) is 37.3 Å². The van der Waals surface area contributed by atoms with Gasteiger partial charge in [0.1, 0.15) is 0 Å². The smallest absolute Gasteiger partial charge is 0.191 e. The van der Waals surface area contributed by atoms with Gasteiger partial charge < -0.3 is 15.7 Å². The van der Waals surface area contributed by atoms with Gasteiger partial charge in [-0.25, -0.2) is 0 Å². The monoisotopic (exact) mass is 401 g/mol. The molecule has 0 aromatic carbocycles. The summed E-state index contributed by atoms with van der Waals surface area (Å²) in [6.45, 7) is 6.94. The van der Waals surface area contributed by atoms with Crippen molar-refractivity contribution in [2.45, 2.75) is 38.7 Å². The van der Waals surface area contributed by atoms with E-state index < -0.39 is 0 Å². The van der Waals surface area contributed by atoms with Gasteiger partial charge in [-0.2, -0.15) is 0 Å². The topological polar surface area (TPSA) is 56.7 Å². The summed E-state index contributed by atoms with van der Waals surface area (Å²) in [5.74, 6) is 0.691. The molecule has 2 unspecified atom stereocenters. The zero-order valence-corrected chi connectivity index (χ0v) is 14.8. The quantitative estimate of drug-likeness (QED) is 0.385. The summed E-state index contributed by atoms with van der Waals surface area (Å²) in [5, 5.41) is 17.0. The van der Waals surface area contributed by atoms with Crippen LogP contribution in [0.25, 0.3) is 0 Å². The molecule has 0 aliphatic heterocycles. The highest BCUT2D eigenvalue weighted by atomic mass is 127. The van der Waals surface area contributed by atoms with Crippen molar-refractivity contribution in [2.24, 2.45) is 10.4 Å². The fourth-order valence-corrected chi connectivity index (χ4v) is 2.34. The summed E-state index contributed by atoms with van der Waals surface area (Å²) >= 11 is 5.70. The average Bonchev–Trinajstić information content (AvgIpc) is 2.33. The van der Waals surface area contributed by atoms with Crippen molar-refractivity contribution in [1.82, 2.24) is 10.6 Å². The van der Waals surface area contributed by atoms with Crippen molar-refractivity contribution in [1.29, 1.82) is 0 Å². The van der Waals surface area contributed by atoms with Gasteiger partial charge in [0.05, 0.1) is 12.6 Å². The summed E-state index contributed by atoms with van der Waals surface area (Å²) in [6, 6.07) is 0. The molecule has 0 aromatic heterocycles. The number of aliphatic hydroxyl groups is 1. The molecule has 3 N–H and O–H groups in total. The van der Waals surface area contributed by atoms with Crippen molar-refractivity contribution in [3.8, 4) is 0 Å². The van der Waals surface area contributed by atoms with Crippen LogP contribution < -0.4 is 10.6 Å². The van der Waals surface area contributed by atoms with Gasteiger partial charge in [0, 0.05) is 24.0 Å². The Bertz CT molecular complexity index is 325. The Balaban J connectivity index is 0.00000324. The minimum absolute atomic E-state index is 0. The summed E-state index contributed by atoms with van der Waals surface area (Å²) in [7, 11) is 1.71. The molecule has 6 heteroatoms. The Morgan fingerprint density at radius 2 is 2.16 bits per heavy atom. The van der Waals surface area contributed by atoms with Crippen LogP contribution in [0.2, 0.25) is 0 Å². The van der Waals surface area contributed by atoms with Gasteiger partial charge in [-0.1, -0.05) is 37.9 Å². The van der Waals surface area contributed by atoms with Crippen molar-refractivity contribution >= 4 is 41.5 Å². The molecule has 0 saturated heterocycles. The molecule has 19 heavy (non-hydrogen) atoms. The zero-order chi connectivity index (χ0) is 13.6. The molecule has 1 aliphatic carbocycles. The lowest BCUT2D eigenvalue weighted by atomic mass is 9.73. The molecule has 0 spiro atoms. The van der Waals surface area contributed by atoms with Crippen LogP contribution in [0.5, 0.6) is 0 Å². The lowest BCUT2D eigenvalue weighted by Gasteiger charge is -2.38. The van der Waals surface area contributed by atoms with Crippen molar-refractivity contribution in [2.75, 3.05) is 20.1 Å². The number of hydrogen-bond donors (Lipinski definition) is 3. The van der Waals surface area contributed by atoms with Crippen LogP contribution in [0.15, 0.2) is 16.6 Å². The second kappa shape index (κ2) is 9.02. The average molecular weight is 402 g/mol. The minimum atomic E-state index is -0.236. The van der Waals surface area contributed by atoms with E-state index in [0.29, 0.717) is 24.1 Å². The van der Waals surface area contributed by atoms with Crippen molar-refractivity contribution in [3.63, 3.8) is 0 Å². The van der Waals surface area contributed by atoms with Crippen LogP contribution in [-0.2, 0) is 0 Å². The largest absolute Gasteiger partial charge is 0.392 e. The maximum absolute atomic E-state index is 10.1. The van der Waals surface area contributed by atoms with Gasteiger partial charge >= 0.3 is 0 Å². The highest BCUT2D eigenvalue weighted by Crippen LogP contribution is 2.35. The molecule has 112 valence electrons. The SMILES string of the molecule is C=C(Cl)CNC(=NC)NCC1(C)CCCCC1O.I. The van der Waals surface area contributed by atoms with E-state index in [9.17, 15) is 5.11 Å². The lowest BCUT2D eigenvalue weighted by molar-refractivity contribution is 0.00398. The predicted molar refractivity (Wildman–Crippen MR) is 92.4 cm³/mol. The number of hydrogen-bond acceptors (Lipinski definition) is 2. The molecule has 0 amide bonds. The molecule has 1 rings (SSSR count). The Hall–Kier alpha value is -0.0100. The Morgan fingerprint density at radius 1 is 1.47 bits per heavy atom. The number of nitrogens with one attached hydrogen (secondary N) is 2. The molecular weight excluding hydrogens is 377 g/mol. The van der Waals surface area contributed by atoms with E-state index >= 15 is 0 Å². The number of aliphatic hydroxyl groups excluding tert-OH is 1. The van der Waals surface area contributed by atoms with E-state index in [-0.39, 0.29) is 35.5 Å². The van der Waals surface area contributed by atoms with Crippen molar-refractivity contribution < 1.29 is 5.11 Å². The first-order valence-corrected chi connectivity index (χ1v) is 6.81. The lowest BCUT2D eigenvalue weighted by Crippen LogP contribution is -2.48. The minimum Gasteiger partial charge on any atom is -0.392 e. The first kappa shape index (κ1) is 19.0. The molecule has 0 heterocycles. The fourth-order valence-electron chi connectivity index (χ4n) is 2.27. The number of nitrogens with zero attached hydrogens (tertiary/aromatic N) is 1. The van der Waals surface area contributed by atoms with E-state index in [1.165, 1.54) is 6.42 Å². The molecule has 1 fully saturated rings. The first-order valence-electron chi connectivity index (χ1n) is 6.44.